The Morgan fingerprint density at radius 3 is 2.61 bits per heavy atom. The van der Waals surface area contributed by atoms with E-state index in [1.54, 1.807) is 0 Å². The van der Waals surface area contributed by atoms with Crippen LogP contribution in [-0.4, -0.2) is 25.7 Å². The molecule has 0 radical (unpaired) electrons. The van der Waals surface area contributed by atoms with Crippen molar-refractivity contribution in [1.82, 2.24) is 5.32 Å². The van der Waals surface area contributed by atoms with E-state index >= 15 is 0 Å². The monoisotopic (exact) mass is 247 g/mol. The van der Waals surface area contributed by atoms with Gasteiger partial charge in [-0.3, -0.25) is 4.79 Å². The maximum absolute atomic E-state index is 11.9. The fraction of sp³-hybridized carbons (Fsp3) is 0.533. The summed E-state index contributed by atoms with van der Waals surface area (Å²) in [5.74, 6) is -0.358. The minimum absolute atomic E-state index is 0.160. The molecule has 0 saturated heterocycles. The van der Waals surface area contributed by atoms with Crippen molar-refractivity contribution in [2.75, 3.05) is 13.7 Å². The van der Waals surface area contributed by atoms with Crippen LogP contribution in [0.5, 0.6) is 0 Å². The molecule has 1 aliphatic carbocycles. The van der Waals surface area contributed by atoms with Gasteiger partial charge in [0.1, 0.15) is 0 Å². The van der Waals surface area contributed by atoms with Gasteiger partial charge in [0, 0.05) is 12.6 Å². The zero-order chi connectivity index (χ0) is 12.8. The first-order valence-corrected chi connectivity index (χ1v) is 6.67. The highest BCUT2D eigenvalue weighted by Gasteiger charge is 2.23. The lowest BCUT2D eigenvalue weighted by atomic mass is 9.99. The van der Waals surface area contributed by atoms with E-state index in [1.165, 1.54) is 32.8 Å². The van der Waals surface area contributed by atoms with Gasteiger partial charge < -0.3 is 10.1 Å². The molecule has 0 aliphatic heterocycles. The van der Waals surface area contributed by atoms with Gasteiger partial charge in [-0.25, -0.2) is 0 Å². The summed E-state index contributed by atoms with van der Waals surface area (Å²) in [5.41, 5.74) is 1.02. The summed E-state index contributed by atoms with van der Waals surface area (Å²) >= 11 is 0. The lowest BCUT2D eigenvalue weighted by molar-refractivity contribution is -0.142. The molecule has 1 fully saturated rings. The van der Waals surface area contributed by atoms with Crippen LogP contribution in [0.1, 0.15) is 37.2 Å². The highest BCUT2D eigenvalue weighted by Crippen LogP contribution is 2.20. The van der Waals surface area contributed by atoms with Crippen LogP contribution in [0, 0.1) is 0 Å². The topological polar surface area (TPSA) is 38.3 Å². The Labute approximate surface area is 109 Å². The second-order valence-electron chi connectivity index (χ2n) is 4.88. The number of ether oxygens (including phenoxy) is 1. The fourth-order valence-corrected chi connectivity index (χ4v) is 2.58. The number of esters is 1. The Hall–Kier alpha value is -1.35. The average Bonchev–Trinajstić information content (AvgIpc) is 2.93. The van der Waals surface area contributed by atoms with Crippen LogP contribution in [0.15, 0.2) is 30.3 Å². The van der Waals surface area contributed by atoms with Crippen molar-refractivity contribution in [2.45, 2.75) is 37.6 Å². The van der Waals surface area contributed by atoms with Crippen LogP contribution >= 0.6 is 0 Å². The minimum Gasteiger partial charge on any atom is -0.469 e. The molecule has 1 atom stereocenters. The molecule has 3 nitrogen and oxygen atoms in total. The van der Waals surface area contributed by atoms with Crippen LogP contribution in [0.25, 0.3) is 0 Å². The van der Waals surface area contributed by atoms with Crippen molar-refractivity contribution in [3.05, 3.63) is 35.9 Å². The summed E-state index contributed by atoms with van der Waals surface area (Å²) in [6.07, 6.45) is 5.04. The number of carbonyl (C=O) groups is 1. The maximum atomic E-state index is 11.9. The summed E-state index contributed by atoms with van der Waals surface area (Å²) in [7, 11) is 1.45. The molecule has 0 amide bonds. The summed E-state index contributed by atoms with van der Waals surface area (Å²) in [6.45, 7) is 0.668. The molecule has 1 saturated carbocycles. The summed E-state index contributed by atoms with van der Waals surface area (Å²) in [4.78, 5) is 11.9. The van der Waals surface area contributed by atoms with Gasteiger partial charge in [0.05, 0.1) is 13.0 Å². The largest absolute Gasteiger partial charge is 0.469 e. The van der Waals surface area contributed by atoms with Crippen LogP contribution < -0.4 is 5.32 Å². The molecule has 0 spiro atoms. The van der Waals surface area contributed by atoms with E-state index in [9.17, 15) is 4.79 Å². The van der Waals surface area contributed by atoms with Gasteiger partial charge in [-0.1, -0.05) is 43.2 Å². The minimum atomic E-state index is -0.197. The number of benzene rings is 1. The van der Waals surface area contributed by atoms with E-state index in [2.05, 4.69) is 5.32 Å². The highest BCUT2D eigenvalue weighted by atomic mass is 16.5. The Balaban J connectivity index is 1.99. The summed E-state index contributed by atoms with van der Waals surface area (Å²) < 4.78 is 4.90. The Kier molecular flexibility index (Phi) is 4.76. The van der Waals surface area contributed by atoms with Crippen molar-refractivity contribution in [1.29, 1.82) is 0 Å². The van der Waals surface area contributed by atoms with Gasteiger partial charge in [-0.2, -0.15) is 0 Å². The number of hydrogen-bond acceptors (Lipinski definition) is 3. The van der Waals surface area contributed by atoms with Gasteiger partial charge in [0.15, 0.2) is 0 Å². The molecule has 98 valence electrons. The molecule has 0 heterocycles. The number of hydrogen-bond donors (Lipinski definition) is 1. The molecule has 1 N–H and O–H groups in total. The van der Waals surface area contributed by atoms with E-state index in [1.807, 2.05) is 30.3 Å². The first-order valence-electron chi connectivity index (χ1n) is 6.67. The normalized spacial score (nSPS) is 17.6. The molecular formula is C15H21NO2. The van der Waals surface area contributed by atoms with Crippen molar-refractivity contribution in [2.24, 2.45) is 0 Å². The number of rotatable bonds is 5. The zero-order valence-corrected chi connectivity index (χ0v) is 10.9. The average molecular weight is 247 g/mol. The maximum Gasteiger partial charge on any atom is 0.314 e. The molecule has 1 aromatic rings. The molecule has 0 bridgehead atoms. The smallest absolute Gasteiger partial charge is 0.314 e. The quantitative estimate of drug-likeness (QED) is 0.812. The van der Waals surface area contributed by atoms with Gasteiger partial charge in [-0.15, -0.1) is 0 Å². The number of nitrogens with one attached hydrogen (secondary N) is 1. The molecule has 2 rings (SSSR count). The lowest BCUT2D eigenvalue weighted by Gasteiger charge is -2.19. The second-order valence-corrected chi connectivity index (χ2v) is 4.88. The van der Waals surface area contributed by atoms with Gasteiger partial charge >= 0.3 is 5.97 Å². The Morgan fingerprint density at radius 1 is 1.33 bits per heavy atom. The molecule has 3 heteroatoms. The molecule has 0 aromatic heterocycles. The van der Waals surface area contributed by atoms with Crippen LogP contribution in [0.2, 0.25) is 0 Å². The van der Waals surface area contributed by atoms with Crippen molar-refractivity contribution in [3.8, 4) is 0 Å². The van der Waals surface area contributed by atoms with Gasteiger partial charge in [-0.05, 0) is 18.4 Å². The van der Waals surface area contributed by atoms with E-state index < -0.39 is 0 Å². The third-order valence-electron chi connectivity index (χ3n) is 3.65. The van der Waals surface area contributed by atoms with Crippen LogP contribution in [0.3, 0.4) is 0 Å². The number of methoxy groups -OCH3 is 1. The molecular weight excluding hydrogens is 226 g/mol. The van der Waals surface area contributed by atoms with Gasteiger partial charge in [0.25, 0.3) is 0 Å². The predicted molar refractivity (Wildman–Crippen MR) is 71.5 cm³/mol. The van der Waals surface area contributed by atoms with Crippen molar-refractivity contribution < 1.29 is 9.53 Å². The van der Waals surface area contributed by atoms with E-state index in [0.717, 1.165) is 5.56 Å². The van der Waals surface area contributed by atoms with Crippen LogP contribution in [0.4, 0.5) is 0 Å². The number of carbonyl (C=O) groups excluding carboxylic acids is 1. The van der Waals surface area contributed by atoms with Crippen molar-refractivity contribution >= 4 is 5.97 Å². The summed E-state index contributed by atoms with van der Waals surface area (Å²) in [5, 5.41) is 3.49. The van der Waals surface area contributed by atoms with E-state index in [4.69, 9.17) is 4.74 Å². The van der Waals surface area contributed by atoms with Gasteiger partial charge in [0.2, 0.25) is 0 Å². The second kappa shape index (κ2) is 6.55. The molecule has 1 aromatic carbocycles. The Bertz CT molecular complexity index is 371. The molecule has 1 aliphatic rings. The standard InChI is InChI=1S/C15H21NO2/c1-18-15(17)14(12-7-3-2-4-8-12)11-16-13-9-5-6-10-13/h2-4,7-8,13-14,16H,5-6,9-11H2,1H3. The fourth-order valence-electron chi connectivity index (χ4n) is 2.58. The van der Waals surface area contributed by atoms with Crippen molar-refractivity contribution in [3.63, 3.8) is 0 Å². The molecule has 1 unspecified atom stereocenters. The first-order chi connectivity index (χ1) is 8.81. The Morgan fingerprint density at radius 2 is 2.00 bits per heavy atom. The van der Waals surface area contributed by atoms with E-state index in [-0.39, 0.29) is 11.9 Å². The SMILES string of the molecule is COC(=O)C(CNC1CCCC1)c1ccccc1. The highest BCUT2D eigenvalue weighted by molar-refractivity contribution is 5.78. The van der Waals surface area contributed by atoms with Crippen LogP contribution in [-0.2, 0) is 9.53 Å². The third-order valence-corrected chi connectivity index (χ3v) is 3.65. The zero-order valence-electron chi connectivity index (χ0n) is 10.9. The molecule has 18 heavy (non-hydrogen) atoms. The first kappa shape index (κ1) is 13.1. The third kappa shape index (κ3) is 3.33. The van der Waals surface area contributed by atoms with E-state index in [0.29, 0.717) is 12.6 Å². The predicted octanol–water partition coefficient (Wildman–Crippen LogP) is 2.48. The summed E-state index contributed by atoms with van der Waals surface area (Å²) in [6, 6.07) is 10.4. The lowest BCUT2D eigenvalue weighted by Crippen LogP contribution is -2.33.